The molecular weight excluding hydrogens is 267 g/mol. The van der Waals surface area contributed by atoms with Gasteiger partial charge >= 0.3 is 12.3 Å². The second-order valence-corrected chi connectivity index (χ2v) is 3.35. The summed E-state index contributed by atoms with van der Waals surface area (Å²) >= 11 is 0. The van der Waals surface area contributed by atoms with Gasteiger partial charge in [-0.2, -0.15) is 0 Å². The van der Waals surface area contributed by atoms with Crippen LogP contribution in [0.2, 0.25) is 0 Å². The third-order valence-electron chi connectivity index (χ3n) is 2.01. The van der Waals surface area contributed by atoms with Gasteiger partial charge < -0.3 is 20.9 Å². The molecule has 0 aliphatic rings. The van der Waals surface area contributed by atoms with Gasteiger partial charge in [-0.25, -0.2) is 9.78 Å². The van der Waals surface area contributed by atoms with Gasteiger partial charge in [-0.1, -0.05) is 0 Å². The van der Waals surface area contributed by atoms with Crippen molar-refractivity contribution in [2.75, 3.05) is 12.3 Å². The van der Waals surface area contributed by atoms with Gasteiger partial charge in [0, 0.05) is 12.1 Å². The van der Waals surface area contributed by atoms with E-state index in [2.05, 4.69) is 9.72 Å². The van der Waals surface area contributed by atoms with E-state index in [1.54, 1.807) is 6.92 Å². The lowest BCUT2D eigenvalue weighted by Crippen LogP contribution is -2.20. The first-order valence-corrected chi connectivity index (χ1v) is 5.20. The molecule has 0 saturated carbocycles. The number of carbonyl (C=O) groups excluding carboxylic acids is 1. The van der Waals surface area contributed by atoms with Crippen molar-refractivity contribution >= 4 is 11.8 Å². The summed E-state index contributed by atoms with van der Waals surface area (Å²) in [6, 6.07) is 0.919. The Morgan fingerprint density at radius 3 is 2.58 bits per heavy atom. The summed E-state index contributed by atoms with van der Waals surface area (Å²) < 4.78 is 44.7. The first-order valence-electron chi connectivity index (χ1n) is 5.20. The van der Waals surface area contributed by atoms with Crippen molar-refractivity contribution in [1.82, 2.24) is 4.98 Å². The van der Waals surface area contributed by atoms with E-state index in [9.17, 15) is 18.0 Å². The highest BCUT2D eigenvalue weighted by molar-refractivity contribution is 5.89. The van der Waals surface area contributed by atoms with Crippen molar-refractivity contribution in [3.05, 3.63) is 17.3 Å². The molecule has 0 fully saturated rings. The third-order valence-corrected chi connectivity index (χ3v) is 2.01. The largest absolute Gasteiger partial charge is 0.573 e. The van der Waals surface area contributed by atoms with Crippen LogP contribution in [-0.4, -0.2) is 23.9 Å². The quantitative estimate of drug-likeness (QED) is 0.803. The fraction of sp³-hybridized carbons (Fsp3) is 0.400. The Morgan fingerprint density at radius 1 is 1.47 bits per heavy atom. The number of aromatic nitrogens is 1. The summed E-state index contributed by atoms with van der Waals surface area (Å²) in [4.78, 5) is 15.1. The van der Waals surface area contributed by atoms with Gasteiger partial charge in [0.25, 0.3) is 0 Å². The Hall–Kier alpha value is -2.03. The topological polar surface area (TPSA) is 100 Å². The summed E-state index contributed by atoms with van der Waals surface area (Å²) in [6.45, 7) is 1.45. The Balaban J connectivity index is 3.17. The van der Waals surface area contributed by atoms with Gasteiger partial charge in [-0.05, 0) is 13.0 Å². The number of carbonyl (C=O) groups is 1. The lowest BCUT2D eigenvalue weighted by atomic mass is 10.2. The fourth-order valence-electron chi connectivity index (χ4n) is 1.29. The first-order chi connectivity index (χ1) is 8.78. The molecular formula is C10H12F3N3O3. The van der Waals surface area contributed by atoms with Crippen molar-refractivity contribution in [1.29, 1.82) is 0 Å². The van der Waals surface area contributed by atoms with Gasteiger partial charge in [0.2, 0.25) is 0 Å². The average Bonchev–Trinajstić information content (AvgIpc) is 2.29. The predicted octanol–water partition coefficient (Wildman–Crippen LogP) is 1.20. The van der Waals surface area contributed by atoms with Crippen LogP contribution in [0.15, 0.2) is 6.07 Å². The second-order valence-electron chi connectivity index (χ2n) is 3.35. The smallest absolute Gasteiger partial charge is 0.461 e. The van der Waals surface area contributed by atoms with E-state index in [1.807, 2.05) is 0 Å². The van der Waals surface area contributed by atoms with Crippen LogP contribution in [0.25, 0.3) is 0 Å². The molecule has 0 spiro atoms. The first kappa shape index (κ1) is 15.0. The number of alkyl halides is 3. The van der Waals surface area contributed by atoms with Crippen LogP contribution >= 0.6 is 0 Å². The van der Waals surface area contributed by atoms with Gasteiger partial charge in [-0.15, -0.1) is 13.2 Å². The molecule has 1 aromatic rings. The molecule has 1 rings (SSSR count). The number of rotatable bonds is 4. The highest BCUT2D eigenvalue weighted by Crippen LogP contribution is 2.29. The molecule has 106 valence electrons. The Morgan fingerprint density at radius 2 is 2.11 bits per heavy atom. The summed E-state index contributed by atoms with van der Waals surface area (Å²) in [5.41, 5.74) is 10.5. The van der Waals surface area contributed by atoms with Crippen LogP contribution in [0.3, 0.4) is 0 Å². The number of hydrogen-bond acceptors (Lipinski definition) is 6. The molecule has 0 radical (unpaired) electrons. The number of ether oxygens (including phenoxy) is 2. The Bertz CT molecular complexity index is 477. The normalized spacial score (nSPS) is 11.2. The van der Waals surface area contributed by atoms with Crippen molar-refractivity contribution in [3.8, 4) is 5.75 Å². The number of nitrogen functional groups attached to an aromatic ring is 1. The molecule has 0 aromatic carbocycles. The van der Waals surface area contributed by atoms with Crippen molar-refractivity contribution in [2.45, 2.75) is 19.8 Å². The van der Waals surface area contributed by atoms with Crippen molar-refractivity contribution in [3.63, 3.8) is 0 Å². The predicted molar refractivity (Wildman–Crippen MR) is 59.2 cm³/mol. The van der Waals surface area contributed by atoms with E-state index < -0.39 is 23.9 Å². The molecule has 0 aliphatic carbocycles. The lowest BCUT2D eigenvalue weighted by molar-refractivity contribution is -0.274. The highest BCUT2D eigenvalue weighted by Gasteiger charge is 2.33. The standard InChI is InChI=1S/C10H12F3N3O3/c1-2-18-9(17)7-5(4-14)3-6(8(15)16-7)19-10(11,12)13/h3H,2,4,14H2,1H3,(H2,15,16). The molecule has 0 amide bonds. The van der Waals surface area contributed by atoms with Crippen LogP contribution in [-0.2, 0) is 11.3 Å². The molecule has 0 aliphatic heterocycles. The van der Waals surface area contributed by atoms with Crippen LogP contribution in [0.5, 0.6) is 5.75 Å². The summed E-state index contributed by atoms with van der Waals surface area (Å²) in [7, 11) is 0. The van der Waals surface area contributed by atoms with Crippen LogP contribution in [0, 0.1) is 0 Å². The maximum Gasteiger partial charge on any atom is 0.573 e. The number of hydrogen-bond donors (Lipinski definition) is 2. The molecule has 1 heterocycles. The molecule has 4 N–H and O–H groups in total. The van der Waals surface area contributed by atoms with Gasteiger partial charge in [-0.3, -0.25) is 0 Å². The molecule has 0 atom stereocenters. The maximum atomic E-state index is 12.1. The molecule has 0 bridgehead atoms. The zero-order valence-corrected chi connectivity index (χ0v) is 9.95. The van der Waals surface area contributed by atoms with E-state index in [4.69, 9.17) is 16.2 Å². The van der Waals surface area contributed by atoms with Crippen LogP contribution < -0.4 is 16.2 Å². The molecule has 9 heteroatoms. The van der Waals surface area contributed by atoms with Gasteiger partial charge in [0.15, 0.2) is 17.3 Å². The molecule has 6 nitrogen and oxygen atoms in total. The number of nitrogens with zero attached hydrogens (tertiary/aromatic N) is 1. The Labute approximate surface area is 106 Å². The minimum Gasteiger partial charge on any atom is -0.461 e. The van der Waals surface area contributed by atoms with Crippen molar-refractivity contribution < 1.29 is 27.4 Å². The molecule has 0 saturated heterocycles. The summed E-state index contributed by atoms with van der Waals surface area (Å²) in [5.74, 6) is -2.09. The number of pyridine rings is 1. The van der Waals surface area contributed by atoms with E-state index in [0.717, 1.165) is 6.07 Å². The van der Waals surface area contributed by atoms with Crippen LogP contribution in [0.4, 0.5) is 19.0 Å². The van der Waals surface area contributed by atoms with E-state index in [-0.39, 0.29) is 24.4 Å². The monoisotopic (exact) mass is 279 g/mol. The summed E-state index contributed by atoms with van der Waals surface area (Å²) in [5, 5.41) is 0. The molecule has 1 aromatic heterocycles. The average molecular weight is 279 g/mol. The zero-order valence-electron chi connectivity index (χ0n) is 9.95. The van der Waals surface area contributed by atoms with Gasteiger partial charge in [0.05, 0.1) is 6.61 Å². The number of nitrogens with two attached hydrogens (primary N) is 2. The number of halogens is 3. The third kappa shape index (κ3) is 3.98. The van der Waals surface area contributed by atoms with E-state index >= 15 is 0 Å². The summed E-state index contributed by atoms with van der Waals surface area (Å²) in [6.07, 6.45) is -4.91. The molecule has 0 unspecified atom stereocenters. The fourth-order valence-corrected chi connectivity index (χ4v) is 1.29. The maximum absolute atomic E-state index is 12.1. The Kier molecular flexibility index (Phi) is 4.54. The molecule has 19 heavy (non-hydrogen) atoms. The zero-order chi connectivity index (χ0) is 14.6. The lowest BCUT2D eigenvalue weighted by Gasteiger charge is -2.13. The second kappa shape index (κ2) is 5.74. The van der Waals surface area contributed by atoms with Gasteiger partial charge in [0.1, 0.15) is 0 Å². The minimum absolute atomic E-state index is 0.0481. The van der Waals surface area contributed by atoms with E-state index in [1.165, 1.54) is 0 Å². The number of esters is 1. The van der Waals surface area contributed by atoms with Crippen molar-refractivity contribution in [2.24, 2.45) is 5.73 Å². The SMILES string of the molecule is CCOC(=O)c1nc(N)c(OC(F)(F)F)cc1CN. The van der Waals surface area contributed by atoms with Crippen LogP contribution in [0.1, 0.15) is 23.0 Å². The highest BCUT2D eigenvalue weighted by atomic mass is 19.4. The number of anilines is 1. The van der Waals surface area contributed by atoms with E-state index in [0.29, 0.717) is 0 Å². The minimum atomic E-state index is -4.91.